The van der Waals surface area contributed by atoms with Gasteiger partial charge in [-0.05, 0) is 36.3 Å². The van der Waals surface area contributed by atoms with Crippen LogP contribution in [0.3, 0.4) is 0 Å². The van der Waals surface area contributed by atoms with E-state index in [4.69, 9.17) is 5.11 Å². The third-order valence-corrected chi connectivity index (χ3v) is 3.69. The molecule has 0 fully saturated rings. The van der Waals surface area contributed by atoms with Gasteiger partial charge in [0.15, 0.2) is 0 Å². The fourth-order valence-electron chi connectivity index (χ4n) is 2.46. The maximum Gasteiger partial charge on any atom is 0.0973 e. The Morgan fingerprint density at radius 1 is 1.10 bits per heavy atom. The van der Waals surface area contributed by atoms with Crippen molar-refractivity contribution >= 4 is 0 Å². The van der Waals surface area contributed by atoms with Crippen LogP contribution >= 0.6 is 0 Å². The van der Waals surface area contributed by atoms with Crippen molar-refractivity contribution in [1.82, 2.24) is 5.32 Å². The minimum Gasteiger partial charge on any atom is -0.393 e. The highest BCUT2D eigenvalue weighted by atomic mass is 16.3. The summed E-state index contributed by atoms with van der Waals surface area (Å²) in [5, 5.41) is 22.5. The zero-order valence-electron chi connectivity index (χ0n) is 14.1. The first-order valence-corrected chi connectivity index (χ1v) is 7.90. The van der Waals surface area contributed by atoms with Crippen molar-refractivity contribution in [2.24, 2.45) is 11.8 Å². The van der Waals surface area contributed by atoms with Crippen molar-refractivity contribution in [3.8, 4) is 0 Å². The zero-order chi connectivity index (χ0) is 16.0. The molecule has 0 heterocycles. The van der Waals surface area contributed by atoms with Gasteiger partial charge in [0.25, 0.3) is 0 Å². The van der Waals surface area contributed by atoms with Gasteiger partial charge in [-0.1, -0.05) is 52.0 Å². The van der Waals surface area contributed by atoms with E-state index in [1.54, 1.807) is 6.92 Å². The van der Waals surface area contributed by atoms with E-state index in [1.807, 2.05) is 0 Å². The summed E-state index contributed by atoms with van der Waals surface area (Å²) in [6.07, 6.45) is 1.10. The molecule has 1 aromatic rings. The molecule has 2 atom stereocenters. The Bertz CT molecular complexity index is 410. The predicted molar refractivity (Wildman–Crippen MR) is 88.3 cm³/mol. The van der Waals surface area contributed by atoms with Crippen LogP contribution < -0.4 is 5.32 Å². The summed E-state index contributed by atoms with van der Waals surface area (Å²) in [5.41, 5.74) is 1.51. The third kappa shape index (κ3) is 6.16. The lowest BCUT2D eigenvalue weighted by Gasteiger charge is -2.28. The molecule has 3 nitrogen and oxygen atoms in total. The largest absolute Gasteiger partial charge is 0.393 e. The maximum atomic E-state index is 9.93. The second kappa shape index (κ2) is 7.92. The SMILES string of the molecule is CC(C)Cc1ccc(C(NC[C@](C)(O)CO)C(C)C)cc1. The highest BCUT2D eigenvalue weighted by Crippen LogP contribution is 2.23. The van der Waals surface area contributed by atoms with Gasteiger partial charge in [-0.15, -0.1) is 0 Å². The van der Waals surface area contributed by atoms with Crippen LogP contribution in [0.15, 0.2) is 24.3 Å². The molecule has 0 radical (unpaired) electrons. The molecule has 0 amide bonds. The molecule has 1 unspecified atom stereocenters. The van der Waals surface area contributed by atoms with Crippen LogP contribution in [0, 0.1) is 11.8 Å². The third-order valence-electron chi connectivity index (χ3n) is 3.69. The molecule has 0 saturated carbocycles. The van der Waals surface area contributed by atoms with Crippen molar-refractivity contribution in [2.45, 2.75) is 52.7 Å². The normalized spacial score (nSPS) is 16.2. The lowest BCUT2D eigenvalue weighted by atomic mass is 9.93. The van der Waals surface area contributed by atoms with E-state index in [9.17, 15) is 5.11 Å². The summed E-state index contributed by atoms with van der Waals surface area (Å²) in [5.74, 6) is 1.07. The topological polar surface area (TPSA) is 52.5 Å². The lowest BCUT2D eigenvalue weighted by molar-refractivity contribution is -0.000400. The van der Waals surface area contributed by atoms with Gasteiger partial charge in [-0.3, -0.25) is 0 Å². The summed E-state index contributed by atoms with van der Waals surface area (Å²) in [4.78, 5) is 0. The standard InChI is InChI=1S/C18H31NO2/c1-13(2)10-15-6-8-16(9-7-15)17(14(3)4)19-11-18(5,21)12-20/h6-9,13-14,17,19-21H,10-12H2,1-5H3/t17?,18-/m0/s1. The van der Waals surface area contributed by atoms with E-state index in [0.717, 1.165) is 6.42 Å². The van der Waals surface area contributed by atoms with Gasteiger partial charge in [0.2, 0.25) is 0 Å². The summed E-state index contributed by atoms with van der Waals surface area (Å²) in [7, 11) is 0. The van der Waals surface area contributed by atoms with Crippen LogP contribution in [0.5, 0.6) is 0 Å². The van der Waals surface area contributed by atoms with Crippen LogP contribution in [0.25, 0.3) is 0 Å². The molecule has 0 spiro atoms. The number of benzene rings is 1. The van der Waals surface area contributed by atoms with Gasteiger partial charge in [0.05, 0.1) is 12.2 Å². The highest BCUT2D eigenvalue weighted by Gasteiger charge is 2.23. The summed E-state index contributed by atoms with van der Waals surface area (Å²) in [6, 6.07) is 8.90. The smallest absolute Gasteiger partial charge is 0.0973 e. The molecule has 0 aliphatic carbocycles. The number of hydrogen-bond acceptors (Lipinski definition) is 3. The molecule has 3 heteroatoms. The summed E-state index contributed by atoms with van der Waals surface area (Å²) >= 11 is 0. The molecule has 0 bridgehead atoms. The Morgan fingerprint density at radius 3 is 2.10 bits per heavy atom. The van der Waals surface area contributed by atoms with E-state index >= 15 is 0 Å². The highest BCUT2D eigenvalue weighted by molar-refractivity contribution is 5.25. The number of hydrogen-bond donors (Lipinski definition) is 3. The Hall–Kier alpha value is -0.900. The Balaban J connectivity index is 2.76. The van der Waals surface area contributed by atoms with E-state index in [-0.39, 0.29) is 12.6 Å². The average Bonchev–Trinajstić information content (AvgIpc) is 2.39. The minimum atomic E-state index is -1.08. The molecule has 120 valence electrons. The van der Waals surface area contributed by atoms with E-state index in [1.165, 1.54) is 11.1 Å². The number of rotatable bonds is 8. The van der Waals surface area contributed by atoms with E-state index < -0.39 is 5.60 Å². The predicted octanol–water partition coefficient (Wildman–Crippen LogP) is 2.92. The second-order valence-electron chi connectivity index (χ2n) is 7.10. The molecule has 3 N–H and O–H groups in total. The van der Waals surface area contributed by atoms with Crippen molar-refractivity contribution in [2.75, 3.05) is 13.2 Å². The molecule has 0 aliphatic heterocycles. The fraction of sp³-hybridized carbons (Fsp3) is 0.667. The van der Waals surface area contributed by atoms with Crippen molar-refractivity contribution in [3.63, 3.8) is 0 Å². The van der Waals surface area contributed by atoms with E-state index in [2.05, 4.69) is 57.3 Å². The zero-order valence-corrected chi connectivity index (χ0v) is 14.1. The van der Waals surface area contributed by atoms with Crippen LogP contribution in [0.2, 0.25) is 0 Å². The van der Waals surface area contributed by atoms with Crippen molar-refractivity contribution < 1.29 is 10.2 Å². The molecule has 1 aromatic carbocycles. The number of aliphatic hydroxyl groups is 2. The number of aliphatic hydroxyl groups excluding tert-OH is 1. The van der Waals surface area contributed by atoms with Crippen LogP contribution in [-0.2, 0) is 6.42 Å². The first-order chi connectivity index (χ1) is 9.75. The number of nitrogens with one attached hydrogen (secondary N) is 1. The Kier molecular flexibility index (Phi) is 6.85. The lowest BCUT2D eigenvalue weighted by Crippen LogP contribution is -2.43. The van der Waals surface area contributed by atoms with Crippen LogP contribution in [0.1, 0.15) is 51.8 Å². The van der Waals surface area contributed by atoms with Gasteiger partial charge in [0.1, 0.15) is 0 Å². The molecule has 1 rings (SSSR count). The average molecular weight is 293 g/mol. The van der Waals surface area contributed by atoms with Gasteiger partial charge in [-0.25, -0.2) is 0 Å². The molecular formula is C18H31NO2. The summed E-state index contributed by atoms with van der Waals surface area (Å²) in [6.45, 7) is 10.6. The first kappa shape index (κ1) is 18.1. The second-order valence-corrected chi connectivity index (χ2v) is 7.10. The van der Waals surface area contributed by atoms with Crippen LogP contribution in [0.4, 0.5) is 0 Å². The Labute approximate surface area is 129 Å². The molecule has 0 aliphatic rings. The molecule has 0 aromatic heterocycles. The van der Waals surface area contributed by atoms with Gasteiger partial charge < -0.3 is 15.5 Å². The van der Waals surface area contributed by atoms with Crippen molar-refractivity contribution in [1.29, 1.82) is 0 Å². The fourth-order valence-corrected chi connectivity index (χ4v) is 2.46. The minimum absolute atomic E-state index is 0.177. The molecular weight excluding hydrogens is 262 g/mol. The first-order valence-electron chi connectivity index (χ1n) is 7.90. The Morgan fingerprint density at radius 2 is 1.67 bits per heavy atom. The van der Waals surface area contributed by atoms with Gasteiger partial charge >= 0.3 is 0 Å². The molecule has 0 saturated heterocycles. The van der Waals surface area contributed by atoms with Gasteiger partial charge in [0, 0.05) is 12.6 Å². The summed E-state index contributed by atoms with van der Waals surface area (Å²) < 4.78 is 0. The monoisotopic (exact) mass is 293 g/mol. The maximum absolute atomic E-state index is 9.93. The molecule has 21 heavy (non-hydrogen) atoms. The quantitative estimate of drug-likeness (QED) is 0.691. The van der Waals surface area contributed by atoms with Crippen LogP contribution in [-0.4, -0.2) is 29.0 Å². The van der Waals surface area contributed by atoms with Crippen molar-refractivity contribution in [3.05, 3.63) is 35.4 Å². The van der Waals surface area contributed by atoms with E-state index in [0.29, 0.717) is 18.4 Å². The van der Waals surface area contributed by atoms with Gasteiger partial charge in [-0.2, -0.15) is 0 Å².